The van der Waals surface area contributed by atoms with E-state index in [1.807, 2.05) is 35.4 Å². The van der Waals surface area contributed by atoms with Crippen molar-refractivity contribution in [1.82, 2.24) is 19.7 Å². The van der Waals surface area contributed by atoms with Gasteiger partial charge in [-0.15, -0.1) is 0 Å². The summed E-state index contributed by atoms with van der Waals surface area (Å²) in [6.45, 7) is 8.49. The second-order valence-corrected chi connectivity index (χ2v) is 6.95. The lowest BCUT2D eigenvalue weighted by molar-refractivity contribution is -0.127. The minimum atomic E-state index is -0.100. The third kappa shape index (κ3) is 3.42. The van der Waals surface area contributed by atoms with Gasteiger partial charge in [-0.05, 0) is 39.5 Å². The molecule has 0 aliphatic carbocycles. The Labute approximate surface area is 149 Å². The molecule has 138 valence electrons. The number of aromatic nitrogens is 3. The maximum atomic E-state index is 13.3. The lowest BCUT2D eigenvalue weighted by Crippen LogP contribution is -2.40. The number of carbonyl (C=O) groups excluding carboxylic acids is 1. The second kappa shape index (κ2) is 7.56. The topological polar surface area (TPSA) is 63.5 Å². The molecule has 7 heteroatoms. The van der Waals surface area contributed by atoms with Crippen LogP contribution >= 0.6 is 0 Å². The summed E-state index contributed by atoms with van der Waals surface area (Å²) in [5, 5.41) is 4.30. The van der Waals surface area contributed by atoms with E-state index >= 15 is 0 Å². The van der Waals surface area contributed by atoms with E-state index in [4.69, 9.17) is 4.74 Å². The van der Waals surface area contributed by atoms with Gasteiger partial charge in [-0.2, -0.15) is 10.1 Å². The van der Waals surface area contributed by atoms with Gasteiger partial charge in [0.1, 0.15) is 6.33 Å². The highest BCUT2D eigenvalue weighted by molar-refractivity contribution is 5.96. The molecule has 2 atom stereocenters. The fourth-order valence-corrected chi connectivity index (χ4v) is 3.74. The molecule has 0 N–H and O–H groups in total. The Kier molecular flexibility index (Phi) is 5.42. The van der Waals surface area contributed by atoms with Gasteiger partial charge in [-0.25, -0.2) is 4.68 Å². The van der Waals surface area contributed by atoms with Crippen LogP contribution in [0, 0.1) is 0 Å². The third-order valence-corrected chi connectivity index (χ3v) is 5.28. The number of hydrogen-bond donors (Lipinski definition) is 0. The Morgan fingerprint density at radius 2 is 2.16 bits per heavy atom. The molecule has 0 aromatic carbocycles. The Morgan fingerprint density at radius 3 is 2.92 bits per heavy atom. The molecule has 0 radical (unpaired) electrons. The van der Waals surface area contributed by atoms with Crippen LogP contribution in [0.3, 0.4) is 0 Å². The first-order chi connectivity index (χ1) is 12.0. The Morgan fingerprint density at radius 1 is 1.36 bits per heavy atom. The van der Waals surface area contributed by atoms with Gasteiger partial charge in [0, 0.05) is 32.4 Å². The van der Waals surface area contributed by atoms with Crippen molar-refractivity contribution in [2.24, 2.45) is 0 Å². The summed E-state index contributed by atoms with van der Waals surface area (Å²) in [6.07, 6.45) is 5.80. The first-order valence-corrected chi connectivity index (χ1v) is 9.29. The zero-order valence-electron chi connectivity index (χ0n) is 15.7. The van der Waals surface area contributed by atoms with E-state index < -0.39 is 0 Å². The predicted octanol–water partition coefficient (Wildman–Crippen LogP) is 2.37. The number of ether oxygens (including phenoxy) is 1. The number of fused-ring (bicyclic) bond motifs is 1. The lowest BCUT2D eigenvalue weighted by atomic mass is 10.0. The van der Waals surface area contributed by atoms with Gasteiger partial charge in [0.15, 0.2) is 0 Å². The number of amides is 1. The zero-order chi connectivity index (χ0) is 18.0. The second-order valence-electron chi connectivity index (χ2n) is 6.95. The van der Waals surface area contributed by atoms with Crippen molar-refractivity contribution in [2.75, 3.05) is 31.6 Å². The maximum Gasteiger partial charge on any atom is 0.253 e. The van der Waals surface area contributed by atoms with E-state index in [0.29, 0.717) is 0 Å². The Balaban J connectivity index is 1.75. The molecule has 1 amide bonds. The molecule has 2 aliphatic heterocycles. The van der Waals surface area contributed by atoms with Crippen LogP contribution in [0.15, 0.2) is 17.6 Å². The van der Waals surface area contributed by atoms with E-state index in [1.54, 1.807) is 6.33 Å². The number of hydrogen-bond acceptors (Lipinski definition) is 5. The highest BCUT2D eigenvalue weighted by Gasteiger charge is 2.34. The summed E-state index contributed by atoms with van der Waals surface area (Å²) in [5.74, 6) is 0.902. The van der Waals surface area contributed by atoms with Gasteiger partial charge in [0.25, 0.3) is 5.91 Å². The minimum absolute atomic E-state index is 0.100. The van der Waals surface area contributed by atoms with Crippen molar-refractivity contribution in [3.63, 3.8) is 0 Å². The van der Waals surface area contributed by atoms with Gasteiger partial charge in [0.2, 0.25) is 5.95 Å². The summed E-state index contributed by atoms with van der Waals surface area (Å²) in [5.41, 5.74) is 1.77. The third-order valence-electron chi connectivity index (χ3n) is 5.28. The smallest absolute Gasteiger partial charge is 0.253 e. The van der Waals surface area contributed by atoms with E-state index in [2.05, 4.69) is 17.0 Å². The van der Waals surface area contributed by atoms with Crippen LogP contribution in [0.1, 0.15) is 52.5 Å². The van der Waals surface area contributed by atoms with Crippen LogP contribution in [0.4, 0.5) is 5.95 Å². The quantitative estimate of drug-likeness (QED) is 0.837. The molecular formula is C18H29N5O2. The number of anilines is 1. The highest BCUT2D eigenvalue weighted by atomic mass is 16.5. The van der Waals surface area contributed by atoms with Gasteiger partial charge in [-0.1, -0.05) is 6.92 Å². The monoisotopic (exact) mass is 347 g/mol. The largest absolute Gasteiger partial charge is 0.378 e. The molecule has 2 aliphatic rings. The molecule has 1 fully saturated rings. The Hall–Kier alpha value is -1.89. The molecule has 1 saturated heterocycles. The van der Waals surface area contributed by atoms with Crippen molar-refractivity contribution < 1.29 is 9.53 Å². The fourth-order valence-electron chi connectivity index (χ4n) is 3.74. The van der Waals surface area contributed by atoms with Gasteiger partial charge in [-0.3, -0.25) is 4.79 Å². The van der Waals surface area contributed by atoms with Crippen molar-refractivity contribution in [3.8, 4) is 0 Å². The van der Waals surface area contributed by atoms with Crippen LogP contribution in [0.2, 0.25) is 0 Å². The average Bonchev–Trinajstić information content (AvgIpc) is 2.98. The summed E-state index contributed by atoms with van der Waals surface area (Å²) in [4.78, 5) is 21.5. The molecule has 3 rings (SSSR count). The standard InChI is InChI=1S/C18H29N5O2/c1-5-11-25-15-7-6-9-22(10-8-15)17(24)16-13(2)21(4)18-19-12-20-23(18)14(16)3/h12,14-15H,5-11H2,1-4H3. The van der Waals surface area contributed by atoms with E-state index in [9.17, 15) is 4.79 Å². The summed E-state index contributed by atoms with van der Waals surface area (Å²) in [6, 6.07) is -0.100. The highest BCUT2D eigenvalue weighted by Crippen LogP contribution is 2.33. The molecule has 0 saturated carbocycles. The molecule has 2 unspecified atom stereocenters. The summed E-state index contributed by atoms with van der Waals surface area (Å²) in [7, 11) is 1.94. The maximum absolute atomic E-state index is 13.3. The number of carbonyl (C=O) groups is 1. The van der Waals surface area contributed by atoms with E-state index in [0.717, 1.165) is 62.6 Å². The molecule has 1 aromatic rings. The van der Waals surface area contributed by atoms with Crippen LogP contribution in [-0.2, 0) is 9.53 Å². The van der Waals surface area contributed by atoms with Crippen molar-refractivity contribution in [1.29, 1.82) is 0 Å². The number of allylic oxidation sites excluding steroid dienone is 1. The summed E-state index contributed by atoms with van der Waals surface area (Å²) >= 11 is 0. The van der Waals surface area contributed by atoms with Crippen LogP contribution in [0.5, 0.6) is 0 Å². The van der Waals surface area contributed by atoms with Crippen LogP contribution in [0.25, 0.3) is 0 Å². The molecule has 25 heavy (non-hydrogen) atoms. The van der Waals surface area contributed by atoms with E-state index in [1.165, 1.54) is 0 Å². The lowest BCUT2D eigenvalue weighted by Gasteiger charge is -2.34. The SMILES string of the molecule is CCCOC1CCCN(C(=O)C2=C(C)N(C)c3ncnn3C2C)CC1. The van der Waals surface area contributed by atoms with Gasteiger partial charge >= 0.3 is 0 Å². The van der Waals surface area contributed by atoms with Crippen molar-refractivity contribution in [3.05, 3.63) is 17.6 Å². The minimum Gasteiger partial charge on any atom is -0.378 e. The van der Waals surface area contributed by atoms with Gasteiger partial charge < -0.3 is 14.5 Å². The fraction of sp³-hybridized carbons (Fsp3) is 0.722. The number of rotatable bonds is 4. The number of likely N-dealkylation sites (tertiary alicyclic amines) is 1. The first-order valence-electron chi connectivity index (χ1n) is 9.29. The van der Waals surface area contributed by atoms with Crippen molar-refractivity contribution in [2.45, 2.75) is 58.6 Å². The van der Waals surface area contributed by atoms with Crippen molar-refractivity contribution >= 4 is 11.9 Å². The molecule has 7 nitrogen and oxygen atoms in total. The molecule has 0 bridgehead atoms. The normalized spacial score (nSPS) is 24.3. The van der Waals surface area contributed by atoms with Gasteiger partial charge in [0.05, 0.1) is 17.7 Å². The molecule has 1 aromatic heterocycles. The molecule has 0 spiro atoms. The van der Waals surface area contributed by atoms with E-state index in [-0.39, 0.29) is 18.1 Å². The zero-order valence-corrected chi connectivity index (χ0v) is 15.7. The Bertz CT molecular complexity index is 654. The predicted molar refractivity (Wildman–Crippen MR) is 96.3 cm³/mol. The van der Waals surface area contributed by atoms with Crippen LogP contribution in [-0.4, -0.2) is 58.4 Å². The van der Waals surface area contributed by atoms with Crippen LogP contribution < -0.4 is 4.90 Å². The first kappa shape index (κ1) is 17.9. The molecule has 3 heterocycles. The number of nitrogens with zero attached hydrogens (tertiary/aromatic N) is 5. The summed E-state index contributed by atoms with van der Waals surface area (Å²) < 4.78 is 7.73. The average molecular weight is 347 g/mol. The molecular weight excluding hydrogens is 318 g/mol.